The van der Waals surface area contributed by atoms with Gasteiger partial charge in [0.05, 0.1) is 15.4 Å². The molecular formula is C12H16IN3O. The van der Waals surface area contributed by atoms with Gasteiger partial charge >= 0.3 is 0 Å². The van der Waals surface area contributed by atoms with Gasteiger partial charge in [0, 0.05) is 18.9 Å². The van der Waals surface area contributed by atoms with Crippen LogP contribution < -0.4 is 5.73 Å². The zero-order valence-electron chi connectivity index (χ0n) is 9.66. The predicted octanol–water partition coefficient (Wildman–Crippen LogP) is 2.26. The van der Waals surface area contributed by atoms with E-state index in [2.05, 4.69) is 32.6 Å². The third-order valence-electron chi connectivity index (χ3n) is 3.35. The first-order valence-electron chi connectivity index (χ1n) is 6.17. The Kier molecular flexibility index (Phi) is 3.21. The third kappa shape index (κ3) is 2.54. The van der Waals surface area contributed by atoms with E-state index in [1.807, 2.05) is 0 Å². The van der Waals surface area contributed by atoms with E-state index < -0.39 is 0 Å². The molecule has 0 aromatic carbocycles. The van der Waals surface area contributed by atoms with E-state index in [9.17, 15) is 0 Å². The summed E-state index contributed by atoms with van der Waals surface area (Å²) < 4.78 is 6.66. The average molecular weight is 345 g/mol. The average Bonchev–Trinajstić information content (AvgIpc) is 3.02. The summed E-state index contributed by atoms with van der Waals surface area (Å²) in [5.74, 6) is 2.11. The van der Waals surface area contributed by atoms with Gasteiger partial charge in [-0.05, 0) is 48.3 Å². The molecule has 1 unspecified atom stereocenters. The van der Waals surface area contributed by atoms with Crippen molar-refractivity contribution in [1.82, 2.24) is 9.97 Å². The summed E-state index contributed by atoms with van der Waals surface area (Å²) in [5, 5.41) is 0. The second-order valence-corrected chi connectivity index (χ2v) is 5.92. The summed E-state index contributed by atoms with van der Waals surface area (Å²) >= 11 is 2.26. The Balaban J connectivity index is 1.83. The van der Waals surface area contributed by atoms with E-state index >= 15 is 0 Å². The molecule has 3 rings (SSSR count). The van der Waals surface area contributed by atoms with Gasteiger partial charge in [-0.3, -0.25) is 0 Å². The lowest BCUT2D eigenvalue weighted by molar-refractivity contribution is 0.110. The Morgan fingerprint density at radius 2 is 2.12 bits per heavy atom. The monoisotopic (exact) mass is 345 g/mol. The number of halogens is 1. The maximum Gasteiger partial charge on any atom is 0.140 e. The number of hydrogen-bond donors (Lipinski definition) is 1. The topological polar surface area (TPSA) is 61.0 Å². The third-order valence-corrected chi connectivity index (χ3v) is 4.45. The Bertz CT molecular complexity index is 428. The highest BCUT2D eigenvalue weighted by Crippen LogP contribution is 2.41. The van der Waals surface area contributed by atoms with E-state index in [0.717, 1.165) is 41.0 Å². The molecule has 0 amide bonds. The van der Waals surface area contributed by atoms with E-state index in [4.69, 9.17) is 10.5 Å². The molecule has 0 radical (unpaired) electrons. The van der Waals surface area contributed by atoms with Gasteiger partial charge in [-0.15, -0.1) is 0 Å². The fourth-order valence-corrected chi connectivity index (χ4v) is 2.94. The molecule has 2 N–H and O–H groups in total. The van der Waals surface area contributed by atoms with Crippen LogP contribution in [-0.4, -0.2) is 22.7 Å². The minimum atomic E-state index is 0.293. The molecule has 2 heterocycles. The van der Waals surface area contributed by atoms with E-state index in [1.54, 1.807) is 0 Å². The van der Waals surface area contributed by atoms with Crippen LogP contribution in [0.2, 0.25) is 0 Å². The summed E-state index contributed by atoms with van der Waals surface area (Å²) in [6, 6.07) is 0. The van der Waals surface area contributed by atoms with Crippen molar-refractivity contribution in [3.8, 4) is 0 Å². The smallest absolute Gasteiger partial charge is 0.140 e. The van der Waals surface area contributed by atoms with Crippen molar-refractivity contribution < 1.29 is 4.74 Å². The van der Waals surface area contributed by atoms with Gasteiger partial charge in [-0.25, -0.2) is 9.97 Å². The molecule has 5 heteroatoms. The van der Waals surface area contributed by atoms with Crippen LogP contribution in [0.5, 0.6) is 0 Å². The largest absolute Gasteiger partial charge is 0.383 e. The van der Waals surface area contributed by atoms with Gasteiger partial charge in [0.25, 0.3) is 0 Å². The highest BCUT2D eigenvalue weighted by molar-refractivity contribution is 14.1. The zero-order valence-corrected chi connectivity index (χ0v) is 11.8. The SMILES string of the molecule is Nc1nc(CC2CCCO2)nc(C2CC2)c1I. The van der Waals surface area contributed by atoms with Crippen molar-refractivity contribution in [3.63, 3.8) is 0 Å². The summed E-state index contributed by atoms with van der Waals surface area (Å²) in [6.45, 7) is 0.875. The van der Waals surface area contributed by atoms with Crippen molar-refractivity contribution in [2.45, 2.75) is 44.1 Å². The number of ether oxygens (including phenoxy) is 1. The molecule has 0 bridgehead atoms. The standard InChI is InChI=1S/C12H16IN3O/c13-10-11(7-3-4-7)15-9(16-12(10)14)6-8-2-1-5-17-8/h7-8H,1-6H2,(H2,14,15,16). The number of anilines is 1. The highest BCUT2D eigenvalue weighted by Gasteiger charge is 2.29. The number of nitrogens with two attached hydrogens (primary N) is 1. The molecular weight excluding hydrogens is 329 g/mol. The molecule has 0 spiro atoms. The van der Waals surface area contributed by atoms with E-state index in [-0.39, 0.29) is 0 Å². The van der Waals surface area contributed by atoms with Crippen LogP contribution in [0.3, 0.4) is 0 Å². The first-order valence-corrected chi connectivity index (χ1v) is 7.25. The normalized spacial score (nSPS) is 24.2. The van der Waals surface area contributed by atoms with Crippen LogP contribution in [0.25, 0.3) is 0 Å². The number of hydrogen-bond acceptors (Lipinski definition) is 4. The summed E-state index contributed by atoms with van der Waals surface area (Å²) in [7, 11) is 0. The minimum Gasteiger partial charge on any atom is -0.383 e. The molecule has 1 aliphatic carbocycles. The maximum atomic E-state index is 5.96. The highest BCUT2D eigenvalue weighted by atomic mass is 127. The molecule has 4 nitrogen and oxygen atoms in total. The quantitative estimate of drug-likeness (QED) is 0.854. The number of aromatic nitrogens is 2. The fourth-order valence-electron chi connectivity index (χ4n) is 2.26. The summed E-state index contributed by atoms with van der Waals surface area (Å²) in [6.07, 6.45) is 5.86. The van der Waals surface area contributed by atoms with Gasteiger partial charge < -0.3 is 10.5 Å². The second kappa shape index (κ2) is 4.68. The van der Waals surface area contributed by atoms with Crippen LogP contribution in [-0.2, 0) is 11.2 Å². The number of rotatable bonds is 3. The molecule has 1 saturated carbocycles. The molecule has 1 atom stereocenters. The van der Waals surface area contributed by atoms with Crippen molar-refractivity contribution >= 4 is 28.4 Å². The van der Waals surface area contributed by atoms with Gasteiger partial charge in [-0.1, -0.05) is 0 Å². The summed E-state index contributed by atoms with van der Waals surface area (Å²) in [4.78, 5) is 9.07. The first-order chi connectivity index (χ1) is 8.24. The fraction of sp³-hybridized carbons (Fsp3) is 0.667. The lowest BCUT2D eigenvalue weighted by Crippen LogP contribution is -2.14. The Hall–Kier alpha value is -0.430. The van der Waals surface area contributed by atoms with Crippen LogP contribution in [0, 0.1) is 3.57 Å². The van der Waals surface area contributed by atoms with Crippen molar-refractivity contribution in [1.29, 1.82) is 0 Å². The first kappa shape index (κ1) is 11.6. The van der Waals surface area contributed by atoms with Gasteiger partial charge in [0.1, 0.15) is 11.6 Å². The van der Waals surface area contributed by atoms with Gasteiger partial charge in [0.2, 0.25) is 0 Å². The second-order valence-electron chi connectivity index (χ2n) is 4.84. The van der Waals surface area contributed by atoms with Crippen molar-refractivity contribution in [3.05, 3.63) is 15.1 Å². The number of nitrogens with zero attached hydrogens (tertiary/aromatic N) is 2. The lowest BCUT2D eigenvalue weighted by atomic mass is 10.1. The Morgan fingerprint density at radius 3 is 2.76 bits per heavy atom. The Labute approximate surface area is 114 Å². The van der Waals surface area contributed by atoms with E-state index in [1.165, 1.54) is 12.8 Å². The van der Waals surface area contributed by atoms with Crippen LogP contribution >= 0.6 is 22.6 Å². The molecule has 2 aliphatic rings. The molecule has 17 heavy (non-hydrogen) atoms. The predicted molar refractivity (Wildman–Crippen MR) is 73.8 cm³/mol. The van der Waals surface area contributed by atoms with Gasteiger partial charge in [0.15, 0.2) is 0 Å². The van der Waals surface area contributed by atoms with E-state index in [0.29, 0.717) is 17.8 Å². The minimum absolute atomic E-state index is 0.293. The summed E-state index contributed by atoms with van der Waals surface area (Å²) in [5.41, 5.74) is 7.12. The van der Waals surface area contributed by atoms with Crippen molar-refractivity contribution in [2.75, 3.05) is 12.3 Å². The molecule has 1 aromatic rings. The van der Waals surface area contributed by atoms with Crippen LogP contribution in [0.1, 0.15) is 43.1 Å². The molecule has 1 aromatic heterocycles. The zero-order chi connectivity index (χ0) is 11.8. The van der Waals surface area contributed by atoms with Crippen LogP contribution in [0.15, 0.2) is 0 Å². The molecule has 2 fully saturated rings. The van der Waals surface area contributed by atoms with Gasteiger partial charge in [-0.2, -0.15) is 0 Å². The van der Waals surface area contributed by atoms with Crippen LogP contribution in [0.4, 0.5) is 5.82 Å². The number of nitrogen functional groups attached to an aromatic ring is 1. The molecule has 1 aliphatic heterocycles. The molecule has 92 valence electrons. The molecule has 1 saturated heterocycles. The maximum absolute atomic E-state index is 5.96. The van der Waals surface area contributed by atoms with Crippen molar-refractivity contribution in [2.24, 2.45) is 0 Å². The Morgan fingerprint density at radius 1 is 1.29 bits per heavy atom. The lowest BCUT2D eigenvalue weighted by Gasteiger charge is -2.11.